The summed E-state index contributed by atoms with van der Waals surface area (Å²) >= 11 is 5.77. The van der Waals surface area contributed by atoms with Crippen molar-refractivity contribution in [3.05, 3.63) is 46.1 Å². The molecule has 0 spiro atoms. The maximum Gasteiger partial charge on any atom is 0.239 e. The number of anilines is 2. The van der Waals surface area contributed by atoms with Crippen molar-refractivity contribution in [3.8, 4) is 5.75 Å². The lowest BCUT2D eigenvalue weighted by Crippen LogP contribution is -2.30. The van der Waals surface area contributed by atoms with Crippen LogP contribution in [0.1, 0.15) is 19.4 Å². The molecule has 1 amide bonds. The van der Waals surface area contributed by atoms with Crippen molar-refractivity contribution in [3.63, 3.8) is 0 Å². The van der Waals surface area contributed by atoms with E-state index < -0.39 is 11.5 Å². The lowest BCUT2D eigenvalue weighted by atomic mass is 9.96. The minimum absolute atomic E-state index is 0.184. The van der Waals surface area contributed by atoms with E-state index in [-0.39, 0.29) is 16.9 Å². The highest BCUT2D eigenvalue weighted by Gasteiger charge is 2.31. The summed E-state index contributed by atoms with van der Waals surface area (Å²) < 4.78 is 12.5. The summed E-state index contributed by atoms with van der Waals surface area (Å²) in [5.74, 6) is -0.222. The zero-order valence-corrected chi connectivity index (χ0v) is 19.3. The van der Waals surface area contributed by atoms with Crippen LogP contribution in [0.3, 0.4) is 0 Å². The third kappa shape index (κ3) is 4.06. The van der Waals surface area contributed by atoms with Gasteiger partial charge in [0.25, 0.3) is 0 Å². The van der Waals surface area contributed by atoms with Crippen LogP contribution in [0.25, 0.3) is 28.0 Å². The molecule has 0 fully saturated rings. The van der Waals surface area contributed by atoms with Crippen LogP contribution in [0, 0.1) is 0 Å². The van der Waals surface area contributed by atoms with E-state index in [1.54, 1.807) is 24.3 Å². The van der Waals surface area contributed by atoms with E-state index in [0.717, 1.165) is 6.54 Å². The molecule has 1 aliphatic heterocycles. The van der Waals surface area contributed by atoms with E-state index in [9.17, 15) is 9.59 Å². The number of nitrogens with zero attached hydrogens (tertiary/aromatic N) is 1. The fraction of sp³-hybridized carbons (Fsp3) is 0.333. The number of alkyl halides is 1. The van der Waals surface area contributed by atoms with Crippen LogP contribution in [0.5, 0.6) is 5.75 Å². The van der Waals surface area contributed by atoms with Crippen molar-refractivity contribution in [1.82, 2.24) is 4.90 Å². The molecule has 8 heteroatoms. The number of rotatable bonds is 6. The van der Waals surface area contributed by atoms with Crippen molar-refractivity contribution in [2.24, 2.45) is 0 Å². The van der Waals surface area contributed by atoms with Gasteiger partial charge in [-0.1, -0.05) is 12.1 Å². The highest BCUT2D eigenvalue weighted by Crippen LogP contribution is 2.47. The smallest absolute Gasteiger partial charge is 0.239 e. The largest absolute Gasteiger partial charge is 0.481 e. The molecule has 32 heavy (non-hydrogen) atoms. The zero-order valence-electron chi connectivity index (χ0n) is 18.5. The fourth-order valence-electron chi connectivity index (χ4n) is 3.75. The molecule has 0 bridgehead atoms. The zero-order chi connectivity index (χ0) is 23.0. The maximum absolute atomic E-state index is 13.6. The summed E-state index contributed by atoms with van der Waals surface area (Å²) in [4.78, 5) is 28.0. The summed E-state index contributed by atoms with van der Waals surface area (Å²) in [5.41, 5.74) is 1.49. The normalized spacial score (nSPS) is 14.4. The first-order valence-electron chi connectivity index (χ1n) is 10.4. The number of benzene rings is 2. The Morgan fingerprint density at radius 1 is 1.19 bits per heavy atom. The molecule has 0 unspecified atom stereocenters. The molecule has 1 aliphatic rings. The first-order valence-corrected chi connectivity index (χ1v) is 10.9. The van der Waals surface area contributed by atoms with Crippen molar-refractivity contribution >= 4 is 56.9 Å². The van der Waals surface area contributed by atoms with E-state index in [1.165, 1.54) is 0 Å². The maximum atomic E-state index is 13.6. The summed E-state index contributed by atoms with van der Waals surface area (Å²) in [6.45, 7) is 5.19. The number of nitrogens with one attached hydrogen (secondary N) is 2. The molecule has 0 radical (unpaired) electrons. The summed E-state index contributed by atoms with van der Waals surface area (Å²) in [5, 5.41) is 7.02. The average molecular weight is 456 g/mol. The van der Waals surface area contributed by atoms with Gasteiger partial charge in [0.2, 0.25) is 11.3 Å². The molecule has 168 valence electrons. The number of para-hydroxylation sites is 1. The van der Waals surface area contributed by atoms with Gasteiger partial charge in [-0.2, -0.15) is 0 Å². The lowest BCUT2D eigenvalue weighted by molar-refractivity contribution is -0.113. The van der Waals surface area contributed by atoms with Crippen LogP contribution in [-0.4, -0.2) is 49.5 Å². The van der Waals surface area contributed by atoms with Crippen molar-refractivity contribution in [2.75, 3.05) is 43.7 Å². The third-order valence-electron chi connectivity index (χ3n) is 5.28. The average Bonchev–Trinajstić information content (AvgIpc) is 2.74. The van der Waals surface area contributed by atoms with E-state index in [1.807, 2.05) is 45.0 Å². The lowest BCUT2D eigenvalue weighted by Gasteiger charge is -2.31. The molecule has 2 aromatic carbocycles. The van der Waals surface area contributed by atoms with E-state index in [4.69, 9.17) is 20.8 Å². The Hall–Kier alpha value is -3.03. The van der Waals surface area contributed by atoms with Crippen LogP contribution in [0.4, 0.5) is 11.4 Å². The van der Waals surface area contributed by atoms with Gasteiger partial charge in [-0.3, -0.25) is 9.59 Å². The molecular formula is C24H26ClN3O4. The van der Waals surface area contributed by atoms with Crippen LogP contribution in [-0.2, 0) is 4.79 Å². The molecule has 2 N–H and O–H groups in total. The first kappa shape index (κ1) is 22.2. The minimum Gasteiger partial charge on any atom is -0.481 e. The van der Waals surface area contributed by atoms with Gasteiger partial charge in [0.05, 0.1) is 16.5 Å². The fourth-order valence-corrected chi connectivity index (χ4v) is 3.82. The number of hydrogen-bond donors (Lipinski definition) is 2. The van der Waals surface area contributed by atoms with Gasteiger partial charge in [-0.15, -0.1) is 11.6 Å². The van der Waals surface area contributed by atoms with Crippen LogP contribution < -0.4 is 20.8 Å². The number of halogens is 1. The molecule has 3 aromatic rings. The molecule has 0 atom stereocenters. The second kappa shape index (κ2) is 8.48. The molecule has 7 nitrogen and oxygen atoms in total. The van der Waals surface area contributed by atoms with Crippen LogP contribution in [0.2, 0.25) is 0 Å². The Morgan fingerprint density at radius 2 is 1.94 bits per heavy atom. The molecule has 1 aromatic heterocycles. The highest BCUT2D eigenvalue weighted by molar-refractivity contribution is 6.29. The molecular weight excluding hydrogens is 430 g/mol. The Kier molecular flexibility index (Phi) is 5.88. The van der Waals surface area contributed by atoms with Crippen molar-refractivity contribution < 1.29 is 13.9 Å². The van der Waals surface area contributed by atoms with Gasteiger partial charge in [0.15, 0.2) is 11.3 Å². The topological polar surface area (TPSA) is 83.8 Å². The predicted octanol–water partition coefficient (Wildman–Crippen LogP) is 4.28. The van der Waals surface area contributed by atoms with Gasteiger partial charge >= 0.3 is 0 Å². The summed E-state index contributed by atoms with van der Waals surface area (Å²) in [6.07, 6.45) is 3.84. The quantitative estimate of drug-likeness (QED) is 0.328. The molecule has 4 rings (SSSR count). The van der Waals surface area contributed by atoms with Gasteiger partial charge in [-0.05, 0) is 52.2 Å². The standard InChI is InChI=1S/C24H26ClN3O4/c1-24(2)10-9-15-19(26-11-12-28(3)4)18-21(30)14-7-5-6-8-16(14)31-23(18)20(22(15)32-24)27-17(29)13-25/h5-10,26H,11-13H2,1-4H3,(H,27,29). The Labute approximate surface area is 191 Å². The van der Waals surface area contributed by atoms with Gasteiger partial charge in [0.1, 0.15) is 22.8 Å². The molecule has 0 saturated heterocycles. The minimum atomic E-state index is -0.612. The number of fused-ring (bicyclic) bond motifs is 3. The number of carbonyl (C=O) groups excluding carboxylic acids is 1. The van der Waals surface area contributed by atoms with E-state index in [0.29, 0.717) is 45.6 Å². The highest BCUT2D eigenvalue weighted by atomic mass is 35.5. The summed E-state index contributed by atoms with van der Waals surface area (Å²) in [6, 6.07) is 7.05. The monoisotopic (exact) mass is 455 g/mol. The second-order valence-electron chi connectivity index (χ2n) is 8.57. The predicted molar refractivity (Wildman–Crippen MR) is 130 cm³/mol. The SMILES string of the molecule is CN(C)CCNc1c2c(c(NC(=O)CCl)c3oc4ccccc4c(=O)c13)OC(C)(C)C=C2. The van der Waals surface area contributed by atoms with Gasteiger partial charge in [-0.25, -0.2) is 0 Å². The van der Waals surface area contributed by atoms with Gasteiger partial charge in [0, 0.05) is 18.7 Å². The molecule has 0 saturated carbocycles. The Balaban J connectivity index is 2.09. The van der Waals surface area contributed by atoms with Crippen LogP contribution in [0.15, 0.2) is 39.6 Å². The van der Waals surface area contributed by atoms with Crippen molar-refractivity contribution in [1.29, 1.82) is 0 Å². The number of amides is 1. The number of carbonyl (C=O) groups is 1. The van der Waals surface area contributed by atoms with E-state index >= 15 is 0 Å². The molecule has 0 aliphatic carbocycles. The van der Waals surface area contributed by atoms with Crippen molar-refractivity contribution in [2.45, 2.75) is 19.4 Å². The first-order chi connectivity index (χ1) is 15.2. The molecule has 2 heterocycles. The summed E-state index contributed by atoms with van der Waals surface area (Å²) in [7, 11) is 3.96. The van der Waals surface area contributed by atoms with E-state index in [2.05, 4.69) is 10.6 Å². The van der Waals surface area contributed by atoms with Crippen LogP contribution >= 0.6 is 11.6 Å². The number of ether oxygens (including phenoxy) is 1. The third-order valence-corrected chi connectivity index (χ3v) is 5.52. The van der Waals surface area contributed by atoms with Gasteiger partial charge < -0.3 is 24.7 Å². The number of likely N-dealkylation sites (N-methyl/N-ethyl adjacent to an activating group) is 1. The second-order valence-corrected chi connectivity index (χ2v) is 8.84. The Bertz CT molecular complexity index is 1290. The Morgan fingerprint density at radius 3 is 2.66 bits per heavy atom. The number of hydrogen-bond acceptors (Lipinski definition) is 6.